The molecule has 3 aliphatic carbocycles. The smallest absolute Gasteiger partial charge is 0.203 e. The van der Waals surface area contributed by atoms with Crippen LogP contribution in [-0.4, -0.2) is 49.2 Å². The van der Waals surface area contributed by atoms with E-state index in [0.29, 0.717) is 34.2 Å². The molecule has 4 N–H and O–H groups in total. The van der Waals surface area contributed by atoms with Crippen molar-refractivity contribution in [3.8, 4) is 16.9 Å². The van der Waals surface area contributed by atoms with Gasteiger partial charge < -0.3 is 20.4 Å². The zero-order valence-corrected chi connectivity index (χ0v) is 25.6. The highest BCUT2D eigenvalue weighted by Crippen LogP contribution is 2.65. The van der Waals surface area contributed by atoms with Crippen LogP contribution in [0.2, 0.25) is 0 Å². The molecule has 1 fully saturated rings. The Morgan fingerprint density at radius 3 is 2.23 bits per heavy atom. The Hall–Kier alpha value is -4.04. The molecule has 0 bridgehead atoms. The lowest BCUT2D eigenvalue weighted by molar-refractivity contribution is -0.178. The number of rotatable bonds is 5. The summed E-state index contributed by atoms with van der Waals surface area (Å²) in [6.45, 7) is 11.3. The lowest BCUT2D eigenvalue weighted by Crippen LogP contribution is -2.69. The van der Waals surface area contributed by atoms with Crippen molar-refractivity contribution >= 4 is 28.9 Å². The Bertz CT molecular complexity index is 1710. The SMILES string of the molecule is CCc1cc(-c2cccc(C(C)=O)c2)c2c(c1O)C(O)=C1C(=O)[C@@]3(O)C(O)=C(C(C)=O)C(=O)C(C(C)C)[C@@]3(C)C[C@@]1(C)C2. The van der Waals surface area contributed by atoms with Crippen LogP contribution in [0.25, 0.3) is 16.9 Å². The molecule has 226 valence electrons. The summed E-state index contributed by atoms with van der Waals surface area (Å²) < 4.78 is 0. The van der Waals surface area contributed by atoms with E-state index >= 15 is 0 Å². The zero-order chi connectivity index (χ0) is 32.0. The van der Waals surface area contributed by atoms with Gasteiger partial charge in [-0.15, -0.1) is 0 Å². The molecule has 2 aromatic rings. The van der Waals surface area contributed by atoms with E-state index in [1.165, 1.54) is 6.92 Å². The van der Waals surface area contributed by atoms with Gasteiger partial charge in [0, 0.05) is 27.9 Å². The van der Waals surface area contributed by atoms with E-state index < -0.39 is 62.7 Å². The van der Waals surface area contributed by atoms with E-state index in [9.17, 15) is 39.6 Å². The molecular formula is C35H38O8. The van der Waals surface area contributed by atoms with Gasteiger partial charge in [-0.3, -0.25) is 19.2 Å². The van der Waals surface area contributed by atoms with Crippen LogP contribution in [0.1, 0.15) is 81.9 Å². The molecule has 1 saturated carbocycles. The predicted octanol–water partition coefficient (Wildman–Crippen LogP) is 5.62. The van der Waals surface area contributed by atoms with Crippen molar-refractivity contribution in [2.45, 2.75) is 73.3 Å². The number of ketones is 4. The highest BCUT2D eigenvalue weighted by Gasteiger charge is 2.72. The Labute approximate surface area is 250 Å². The summed E-state index contributed by atoms with van der Waals surface area (Å²) >= 11 is 0. The van der Waals surface area contributed by atoms with Crippen LogP contribution in [0.3, 0.4) is 0 Å². The van der Waals surface area contributed by atoms with Crippen LogP contribution >= 0.6 is 0 Å². The van der Waals surface area contributed by atoms with Gasteiger partial charge in [0.2, 0.25) is 5.78 Å². The standard InChI is InChI=1S/C35H38O8/c1-8-19-13-22(21-11-9-10-20(12-21)17(4)36)23-14-33(6)15-34(7)26(16(2)3)29(39)24(18(5)37)31(41)35(34,43)32(42)27(33)30(40)25(23)28(19)38/h9-13,16,26,38,40-41,43H,8,14-15H2,1-7H3/t26?,33-,34-,35+/m1/s1. The quantitative estimate of drug-likeness (QED) is 0.260. The van der Waals surface area contributed by atoms with Gasteiger partial charge in [0.1, 0.15) is 22.8 Å². The van der Waals surface area contributed by atoms with Gasteiger partial charge in [-0.1, -0.05) is 52.8 Å². The van der Waals surface area contributed by atoms with Gasteiger partial charge in [-0.2, -0.15) is 0 Å². The number of hydrogen-bond donors (Lipinski definition) is 4. The van der Waals surface area contributed by atoms with Gasteiger partial charge in [-0.25, -0.2) is 0 Å². The van der Waals surface area contributed by atoms with E-state index in [4.69, 9.17) is 0 Å². The van der Waals surface area contributed by atoms with Crippen LogP contribution < -0.4 is 0 Å². The van der Waals surface area contributed by atoms with Crippen molar-refractivity contribution < 1.29 is 39.6 Å². The number of phenols is 1. The number of Topliss-reactive ketones (excluding diaryl/α,β-unsaturated/α-hetero) is 4. The number of allylic oxidation sites excluding steroid dienone is 1. The average Bonchev–Trinajstić information content (AvgIpc) is 2.90. The molecule has 2 aromatic carbocycles. The molecule has 0 heterocycles. The van der Waals surface area contributed by atoms with Crippen molar-refractivity contribution in [2.75, 3.05) is 0 Å². The third-order valence-electron chi connectivity index (χ3n) is 10.0. The van der Waals surface area contributed by atoms with Crippen molar-refractivity contribution in [2.24, 2.45) is 22.7 Å². The second-order valence-corrected chi connectivity index (χ2v) is 13.2. The van der Waals surface area contributed by atoms with Gasteiger partial charge >= 0.3 is 0 Å². The highest BCUT2D eigenvalue weighted by atomic mass is 16.3. The first-order valence-corrected chi connectivity index (χ1v) is 14.6. The topological polar surface area (TPSA) is 149 Å². The summed E-state index contributed by atoms with van der Waals surface area (Å²) in [6.07, 6.45) is 0.561. The number of hydrogen-bond acceptors (Lipinski definition) is 8. The number of aliphatic hydroxyl groups is 3. The fourth-order valence-electron chi connectivity index (χ4n) is 8.27. The second-order valence-electron chi connectivity index (χ2n) is 13.2. The molecule has 43 heavy (non-hydrogen) atoms. The average molecular weight is 587 g/mol. The van der Waals surface area contributed by atoms with Crippen LogP contribution in [-0.2, 0) is 27.2 Å². The Kier molecular flexibility index (Phi) is 6.89. The largest absolute Gasteiger partial charge is 0.508 e. The number of aromatic hydroxyl groups is 1. The summed E-state index contributed by atoms with van der Waals surface area (Å²) in [6, 6.07) is 8.88. The van der Waals surface area contributed by atoms with E-state index in [-0.39, 0.29) is 35.5 Å². The second kappa shape index (κ2) is 9.74. The van der Waals surface area contributed by atoms with Crippen LogP contribution in [0, 0.1) is 22.7 Å². The fraction of sp³-hybridized carbons (Fsp3) is 0.429. The first-order valence-electron chi connectivity index (χ1n) is 14.6. The number of carbonyl (C=O) groups excluding carboxylic acids is 4. The summed E-state index contributed by atoms with van der Waals surface area (Å²) in [7, 11) is 0. The lowest BCUT2D eigenvalue weighted by atomic mass is 9.43. The zero-order valence-electron chi connectivity index (χ0n) is 25.6. The van der Waals surface area contributed by atoms with E-state index in [2.05, 4.69) is 0 Å². The lowest BCUT2D eigenvalue weighted by Gasteiger charge is -2.59. The van der Waals surface area contributed by atoms with Crippen molar-refractivity contribution in [3.63, 3.8) is 0 Å². The third kappa shape index (κ3) is 3.92. The van der Waals surface area contributed by atoms with Crippen LogP contribution in [0.15, 0.2) is 47.2 Å². The molecule has 5 rings (SSSR count). The van der Waals surface area contributed by atoms with Crippen molar-refractivity contribution in [1.29, 1.82) is 0 Å². The molecule has 0 amide bonds. The minimum Gasteiger partial charge on any atom is -0.508 e. The highest BCUT2D eigenvalue weighted by molar-refractivity contribution is 6.24. The van der Waals surface area contributed by atoms with E-state index in [0.717, 1.165) is 6.92 Å². The monoisotopic (exact) mass is 586 g/mol. The van der Waals surface area contributed by atoms with E-state index in [1.807, 2.05) is 19.1 Å². The van der Waals surface area contributed by atoms with E-state index in [1.54, 1.807) is 45.9 Å². The number of aryl methyl sites for hydroxylation is 1. The van der Waals surface area contributed by atoms with Crippen molar-refractivity contribution in [1.82, 2.24) is 0 Å². The molecule has 0 saturated heterocycles. The maximum absolute atomic E-state index is 14.5. The van der Waals surface area contributed by atoms with Crippen LogP contribution in [0.4, 0.5) is 0 Å². The van der Waals surface area contributed by atoms with Gasteiger partial charge in [0.15, 0.2) is 23.0 Å². The molecule has 1 unspecified atom stereocenters. The molecule has 4 atom stereocenters. The number of aliphatic hydroxyl groups excluding tert-OH is 2. The van der Waals surface area contributed by atoms with Gasteiger partial charge in [0.05, 0.1) is 5.56 Å². The molecule has 3 aliphatic rings. The normalized spacial score (nSPS) is 28.5. The van der Waals surface area contributed by atoms with Gasteiger partial charge in [-0.05, 0) is 73.4 Å². The number of carbonyl (C=O) groups is 4. The first-order chi connectivity index (χ1) is 20.0. The Morgan fingerprint density at radius 1 is 1.02 bits per heavy atom. The maximum Gasteiger partial charge on any atom is 0.203 e. The molecule has 0 spiro atoms. The van der Waals surface area contributed by atoms with Crippen LogP contribution in [0.5, 0.6) is 5.75 Å². The Morgan fingerprint density at radius 2 is 1.67 bits per heavy atom. The maximum atomic E-state index is 14.5. The summed E-state index contributed by atoms with van der Waals surface area (Å²) in [5.74, 6) is -5.60. The molecule has 0 radical (unpaired) electrons. The summed E-state index contributed by atoms with van der Waals surface area (Å²) in [5.41, 5.74) is -3.10. The fourth-order valence-corrected chi connectivity index (χ4v) is 8.27. The minimum atomic E-state index is -2.66. The Balaban J connectivity index is 1.86. The molecule has 8 nitrogen and oxygen atoms in total. The number of fused-ring (bicyclic) bond motifs is 3. The minimum absolute atomic E-state index is 0.00806. The molecular weight excluding hydrogens is 548 g/mol. The number of benzene rings is 2. The molecule has 0 aliphatic heterocycles. The predicted molar refractivity (Wildman–Crippen MR) is 161 cm³/mol. The summed E-state index contributed by atoms with van der Waals surface area (Å²) in [4.78, 5) is 53.0. The third-order valence-corrected chi connectivity index (χ3v) is 10.0. The molecule has 8 heteroatoms. The first kappa shape index (κ1) is 30.4. The summed E-state index contributed by atoms with van der Waals surface area (Å²) in [5, 5.41) is 46.8. The molecule has 0 aromatic heterocycles. The van der Waals surface area contributed by atoms with Crippen molar-refractivity contribution in [3.05, 3.63) is 69.5 Å². The van der Waals surface area contributed by atoms with Gasteiger partial charge in [0.25, 0.3) is 0 Å². The number of phenolic OH excluding ortho intramolecular Hbond substituents is 1.